The number of nitrogens with one attached hydrogen (secondary N) is 8. The number of aromatic amines is 1. The van der Waals surface area contributed by atoms with Gasteiger partial charge in [0.2, 0.25) is 47.3 Å². The van der Waals surface area contributed by atoms with Crippen molar-refractivity contribution in [2.75, 3.05) is 18.1 Å². The third kappa shape index (κ3) is 17.3. The molecule has 408 valence electrons. The molecule has 0 fully saturated rings. The van der Waals surface area contributed by atoms with Gasteiger partial charge in [0.1, 0.15) is 42.3 Å². The lowest BCUT2D eigenvalue weighted by Gasteiger charge is -2.28. The highest BCUT2D eigenvalue weighted by atomic mass is 32.1. The van der Waals surface area contributed by atoms with Crippen molar-refractivity contribution in [1.29, 1.82) is 0 Å². The van der Waals surface area contributed by atoms with Gasteiger partial charge >= 0.3 is 0 Å². The van der Waals surface area contributed by atoms with Crippen LogP contribution in [-0.4, -0.2) is 141 Å². The summed E-state index contributed by atoms with van der Waals surface area (Å²) < 4.78 is 0. The molecule has 23 heteroatoms. The van der Waals surface area contributed by atoms with Crippen LogP contribution in [0.1, 0.15) is 49.8 Å². The number of unbranched alkanes of at least 4 members (excludes halogenated alkanes) is 1. The number of fused-ring (bicyclic) bond motifs is 2. The highest BCUT2D eigenvalue weighted by Crippen LogP contribution is 2.20. The Labute approximate surface area is 451 Å². The van der Waals surface area contributed by atoms with Gasteiger partial charge in [-0.2, -0.15) is 25.3 Å². The molecule has 21 nitrogen and oxygen atoms in total. The molecule has 8 amide bonds. The zero-order valence-electron chi connectivity index (χ0n) is 42.2. The fraction of sp³-hybridized carbons (Fsp3) is 0.396. The normalized spacial score (nSPS) is 15.3. The van der Waals surface area contributed by atoms with E-state index in [-0.39, 0.29) is 43.7 Å². The second-order valence-corrected chi connectivity index (χ2v) is 19.3. The zero-order chi connectivity index (χ0) is 55.5. The number of rotatable bonds is 29. The molecule has 1 aromatic heterocycles. The number of nitrogens with two attached hydrogens (primary N) is 3. The Kier molecular flexibility index (Phi) is 23.1. The molecule has 5 rings (SSSR count). The molecule has 0 aliphatic rings. The second kappa shape index (κ2) is 29.3. The molecule has 0 aliphatic heterocycles. The minimum atomic E-state index is -1.70. The van der Waals surface area contributed by atoms with E-state index in [1.807, 2.05) is 60.7 Å². The first-order valence-electron chi connectivity index (χ1n) is 24.9. The van der Waals surface area contributed by atoms with E-state index in [0.29, 0.717) is 24.0 Å². The van der Waals surface area contributed by atoms with E-state index in [4.69, 9.17) is 17.2 Å². The van der Waals surface area contributed by atoms with Gasteiger partial charge in [-0.1, -0.05) is 91.0 Å². The number of thiol groups is 2. The summed E-state index contributed by atoms with van der Waals surface area (Å²) in [7, 11) is 0. The van der Waals surface area contributed by atoms with Crippen LogP contribution in [0.4, 0.5) is 0 Å². The molecule has 0 bridgehead atoms. The predicted octanol–water partition coefficient (Wildman–Crippen LogP) is -0.695. The van der Waals surface area contributed by atoms with E-state index < -0.39 is 108 Å². The predicted molar refractivity (Wildman–Crippen MR) is 294 cm³/mol. The Morgan fingerprint density at radius 3 is 1.67 bits per heavy atom. The molecule has 0 saturated carbocycles. The van der Waals surface area contributed by atoms with Gasteiger partial charge in [0.25, 0.3) is 0 Å². The van der Waals surface area contributed by atoms with E-state index in [9.17, 15) is 48.6 Å². The van der Waals surface area contributed by atoms with Gasteiger partial charge in [0.15, 0.2) is 0 Å². The van der Waals surface area contributed by atoms with Crippen LogP contribution in [-0.2, 0) is 57.6 Å². The van der Waals surface area contributed by atoms with Crippen molar-refractivity contribution in [2.24, 2.45) is 17.2 Å². The van der Waals surface area contributed by atoms with E-state index in [1.165, 1.54) is 13.8 Å². The number of aromatic nitrogens is 1. The standard InChI is InChI=1S/C53H69N11O10S2/c1-29(65)44(46(56)67)63-52(73)43(28-76)62-53(74)45(30(2)66)64-48(69)39(18-10-11-21-54)58-50(71)41(25-35-26-57-38-17-9-8-16-36(35)38)60-49(70)40(24-31-12-4-3-5-13-31)59-51(72)42(27-75)61-47(68)37(55)23-32-19-20-33-14-6-7-15-34(33)22-32/h3-9,12-17,19-20,22,26,29-30,37,39-45,57,65-66,75-76H,10-11,18,21,23-25,27-28,54-55H2,1-2H3,(H2,56,67)(H,58,71)(H,59,72)(H,60,70)(H,61,68)(H,62,74)(H,63,73)(H,64,69)/t29-,30-,37-,39+,40+,41-,42+,43+,44+,45+/m1/s1. The highest BCUT2D eigenvalue weighted by molar-refractivity contribution is 7.80. The van der Waals surface area contributed by atoms with Crippen molar-refractivity contribution in [3.8, 4) is 0 Å². The van der Waals surface area contributed by atoms with Crippen LogP contribution in [0.5, 0.6) is 0 Å². The first-order valence-corrected chi connectivity index (χ1v) is 26.1. The van der Waals surface area contributed by atoms with Crippen LogP contribution < -0.4 is 54.4 Å². The summed E-state index contributed by atoms with van der Waals surface area (Å²) >= 11 is 8.48. The number of para-hydroxylation sites is 1. The maximum atomic E-state index is 14.7. The summed E-state index contributed by atoms with van der Waals surface area (Å²) in [4.78, 5) is 113. The lowest BCUT2D eigenvalue weighted by molar-refractivity contribution is -0.137. The van der Waals surface area contributed by atoms with E-state index in [1.54, 1.807) is 42.6 Å². The Morgan fingerprint density at radius 1 is 0.539 bits per heavy atom. The summed E-state index contributed by atoms with van der Waals surface area (Å²) in [6.07, 6.45) is -0.525. The molecular formula is C53H69N11O10S2. The molecule has 5 aromatic rings. The van der Waals surface area contributed by atoms with E-state index >= 15 is 0 Å². The van der Waals surface area contributed by atoms with Crippen LogP contribution in [0.2, 0.25) is 0 Å². The van der Waals surface area contributed by atoms with Crippen LogP contribution in [0, 0.1) is 0 Å². The van der Waals surface area contributed by atoms with Gasteiger partial charge in [-0.05, 0) is 79.6 Å². The summed E-state index contributed by atoms with van der Waals surface area (Å²) in [6.45, 7) is 2.68. The first kappa shape index (κ1) is 59.9. The summed E-state index contributed by atoms with van der Waals surface area (Å²) in [5.41, 5.74) is 20.3. The minimum absolute atomic E-state index is 0.0123. The minimum Gasteiger partial charge on any atom is -0.391 e. The lowest BCUT2D eigenvalue weighted by Crippen LogP contribution is -2.62. The molecule has 4 aromatic carbocycles. The van der Waals surface area contributed by atoms with Crippen molar-refractivity contribution >= 4 is 94.2 Å². The third-order valence-electron chi connectivity index (χ3n) is 12.6. The van der Waals surface area contributed by atoms with Crippen molar-refractivity contribution in [3.05, 3.63) is 120 Å². The molecule has 0 saturated heterocycles. The van der Waals surface area contributed by atoms with Gasteiger partial charge in [0, 0.05) is 41.4 Å². The Balaban J connectivity index is 1.38. The van der Waals surface area contributed by atoms with Crippen molar-refractivity contribution in [2.45, 2.75) is 113 Å². The molecule has 0 spiro atoms. The van der Waals surface area contributed by atoms with Crippen molar-refractivity contribution < 1.29 is 48.6 Å². The number of aliphatic hydroxyl groups excluding tert-OH is 2. The van der Waals surface area contributed by atoms with Gasteiger partial charge in [0.05, 0.1) is 18.2 Å². The highest BCUT2D eigenvalue weighted by Gasteiger charge is 2.36. The zero-order valence-corrected chi connectivity index (χ0v) is 44.0. The molecule has 10 atom stereocenters. The van der Waals surface area contributed by atoms with Crippen molar-refractivity contribution in [3.63, 3.8) is 0 Å². The number of hydrogen-bond donors (Lipinski definition) is 15. The average Bonchev–Trinajstić information content (AvgIpc) is 3.81. The molecule has 16 N–H and O–H groups in total. The fourth-order valence-electron chi connectivity index (χ4n) is 8.35. The number of carbonyl (C=O) groups is 8. The summed E-state index contributed by atoms with van der Waals surface area (Å²) in [6, 6.07) is 18.6. The Hall–Kier alpha value is -7.02. The van der Waals surface area contributed by atoms with Gasteiger partial charge in [-0.15, -0.1) is 0 Å². The molecule has 1 heterocycles. The molecule has 0 unspecified atom stereocenters. The van der Waals surface area contributed by atoms with Crippen molar-refractivity contribution in [1.82, 2.24) is 42.2 Å². The monoisotopic (exact) mass is 1080 g/mol. The fourth-order valence-corrected chi connectivity index (χ4v) is 8.86. The van der Waals surface area contributed by atoms with Gasteiger partial charge in [-0.3, -0.25) is 38.4 Å². The Bertz CT molecular complexity index is 2800. The van der Waals surface area contributed by atoms with Crippen LogP contribution in [0.25, 0.3) is 21.7 Å². The van der Waals surface area contributed by atoms with Gasteiger partial charge < -0.3 is 69.6 Å². The number of H-pyrrole nitrogens is 1. The topological polar surface area (TPSA) is 355 Å². The molecular weight excluding hydrogens is 1010 g/mol. The quantitative estimate of drug-likeness (QED) is 0.0209. The SMILES string of the molecule is C[C@@H](O)[C@H](NC(=O)[C@H](CS)NC(=O)[C@@H](NC(=O)[C@H](CCCCN)NC(=O)[C@@H](Cc1c[nH]c2ccccc12)NC(=O)[C@H](Cc1ccccc1)NC(=O)[C@H](CS)NC(=O)[C@H](N)Cc1ccc2ccccc2c1)[C@@H](C)O)C(N)=O. The number of aliphatic hydroxyl groups is 2. The molecule has 76 heavy (non-hydrogen) atoms. The summed E-state index contributed by atoms with van der Waals surface area (Å²) in [5.74, 6) is -7.39. The number of primary amides is 1. The number of carbonyl (C=O) groups excluding carboxylic acids is 8. The van der Waals surface area contributed by atoms with E-state index in [0.717, 1.165) is 27.2 Å². The maximum Gasteiger partial charge on any atom is 0.245 e. The maximum absolute atomic E-state index is 14.7. The largest absolute Gasteiger partial charge is 0.391 e. The molecule has 0 radical (unpaired) electrons. The van der Waals surface area contributed by atoms with Crippen LogP contribution in [0.3, 0.4) is 0 Å². The summed E-state index contributed by atoms with van der Waals surface area (Å²) in [5, 5.41) is 41.5. The number of hydrogen-bond acceptors (Lipinski definition) is 14. The lowest BCUT2D eigenvalue weighted by atomic mass is 10.0. The smallest absolute Gasteiger partial charge is 0.245 e. The Morgan fingerprint density at radius 2 is 1.05 bits per heavy atom. The third-order valence-corrected chi connectivity index (χ3v) is 13.3. The molecule has 0 aliphatic carbocycles. The first-order chi connectivity index (χ1) is 36.3. The van der Waals surface area contributed by atoms with Crippen LogP contribution >= 0.6 is 25.3 Å². The second-order valence-electron chi connectivity index (χ2n) is 18.6. The number of benzene rings is 4. The van der Waals surface area contributed by atoms with Crippen LogP contribution in [0.15, 0.2) is 103 Å². The van der Waals surface area contributed by atoms with E-state index in [2.05, 4.69) is 67.5 Å². The average molecular weight is 1080 g/mol. The number of amides is 8. The van der Waals surface area contributed by atoms with Gasteiger partial charge in [-0.25, -0.2) is 0 Å².